The molecule has 6 heteroatoms. The van der Waals surface area contributed by atoms with Crippen molar-refractivity contribution in [1.29, 1.82) is 5.26 Å². The van der Waals surface area contributed by atoms with Gasteiger partial charge in [-0.15, -0.1) is 0 Å². The van der Waals surface area contributed by atoms with Crippen LogP contribution in [0.25, 0.3) is 0 Å². The Kier molecular flexibility index (Phi) is 4.31. The average molecular weight is 260 g/mol. The molecule has 1 amide bonds. The number of rotatable bonds is 3. The fourth-order valence-corrected chi connectivity index (χ4v) is 2.12. The highest BCUT2D eigenvalue weighted by Crippen LogP contribution is 2.17. The fraction of sp³-hybridized carbons (Fsp3) is 0.462. The Labute approximate surface area is 112 Å². The number of anilines is 1. The van der Waals surface area contributed by atoms with Crippen molar-refractivity contribution < 1.29 is 9.53 Å². The van der Waals surface area contributed by atoms with Crippen LogP contribution in [0.2, 0.25) is 0 Å². The molecule has 0 atom stereocenters. The predicted octanol–water partition coefficient (Wildman–Crippen LogP) is 0.248. The highest BCUT2D eigenvalue weighted by Gasteiger charge is 2.22. The molecular formula is C13H16N4O2. The first kappa shape index (κ1) is 13.3. The summed E-state index contributed by atoms with van der Waals surface area (Å²) in [6, 6.07) is 5.65. The molecular weight excluding hydrogens is 244 g/mol. The van der Waals surface area contributed by atoms with Crippen molar-refractivity contribution in [2.75, 3.05) is 44.8 Å². The molecule has 2 heterocycles. The topological polar surface area (TPSA) is 69.5 Å². The number of hydrogen-bond acceptors (Lipinski definition) is 5. The van der Waals surface area contributed by atoms with Gasteiger partial charge < -0.3 is 14.5 Å². The minimum Gasteiger partial charge on any atom is -0.375 e. The summed E-state index contributed by atoms with van der Waals surface area (Å²) in [4.78, 5) is 19.7. The summed E-state index contributed by atoms with van der Waals surface area (Å²) in [5, 5.41) is 9.06. The van der Waals surface area contributed by atoms with Gasteiger partial charge in [-0.3, -0.25) is 4.79 Å². The van der Waals surface area contributed by atoms with E-state index >= 15 is 0 Å². The summed E-state index contributed by atoms with van der Waals surface area (Å²) in [7, 11) is 1.52. The molecule has 100 valence electrons. The molecule has 6 nitrogen and oxygen atoms in total. The standard InChI is InChI=1S/C13H16N4O2/c1-19-10-12(18)16-5-7-17(8-6-16)13-11(9-14)3-2-4-15-13/h2-4H,5-8,10H2,1H3. The first-order chi connectivity index (χ1) is 9.26. The smallest absolute Gasteiger partial charge is 0.248 e. The number of piperazine rings is 1. The molecule has 0 aromatic carbocycles. The van der Waals surface area contributed by atoms with Crippen molar-refractivity contribution in [3.8, 4) is 6.07 Å². The van der Waals surface area contributed by atoms with Crippen molar-refractivity contribution in [1.82, 2.24) is 9.88 Å². The Morgan fingerprint density at radius 2 is 2.21 bits per heavy atom. The van der Waals surface area contributed by atoms with E-state index in [4.69, 9.17) is 10.00 Å². The molecule has 0 saturated carbocycles. The van der Waals surface area contributed by atoms with Crippen LogP contribution in [0.3, 0.4) is 0 Å². The number of carbonyl (C=O) groups excluding carboxylic acids is 1. The van der Waals surface area contributed by atoms with Crippen molar-refractivity contribution >= 4 is 11.7 Å². The Morgan fingerprint density at radius 1 is 1.47 bits per heavy atom. The van der Waals surface area contributed by atoms with Crippen LogP contribution in [0.15, 0.2) is 18.3 Å². The first-order valence-electron chi connectivity index (χ1n) is 6.13. The molecule has 0 spiro atoms. The molecule has 1 aromatic heterocycles. The Balaban J connectivity index is 2.00. The molecule has 1 aromatic rings. The van der Waals surface area contributed by atoms with E-state index in [9.17, 15) is 4.79 Å². The summed E-state index contributed by atoms with van der Waals surface area (Å²) in [5.74, 6) is 0.701. The molecule has 0 unspecified atom stereocenters. The third kappa shape index (κ3) is 3.01. The van der Waals surface area contributed by atoms with E-state index in [2.05, 4.69) is 11.1 Å². The summed E-state index contributed by atoms with van der Waals surface area (Å²) >= 11 is 0. The summed E-state index contributed by atoms with van der Waals surface area (Å²) < 4.78 is 4.84. The number of amides is 1. The molecule has 0 N–H and O–H groups in total. The van der Waals surface area contributed by atoms with Gasteiger partial charge in [0.05, 0.1) is 5.56 Å². The fourth-order valence-electron chi connectivity index (χ4n) is 2.12. The maximum atomic E-state index is 11.7. The lowest BCUT2D eigenvalue weighted by molar-refractivity contribution is -0.135. The Hall–Kier alpha value is -2.13. The van der Waals surface area contributed by atoms with Gasteiger partial charge in [0, 0.05) is 39.5 Å². The van der Waals surface area contributed by atoms with Crippen LogP contribution >= 0.6 is 0 Å². The van der Waals surface area contributed by atoms with Crippen LogP contribution < -0.4 is 4.90 Å². The van der Waals surface area contributed by atoms with Gasteiger partial charge in [-0.1, -0.05) is 0 Å². The molecule has 1 aliphatic rings. The number of carbonyl (C=O) groups is 1. The SMILES string of the molecule is COCC(=O)N1CCN(c2ncccc2C#N)CC1. The van der Waals surface area contributed by atoms with Crippen LogP contribution in [0.4, 0.5) is 5.82 Å². The highest BCUT2D eigenvalue weighted by atomic mass is 16.5. The molecule has 0 radical (unpaired) electrons. The van der Waals surface area contributed by atoms with Crippen LogP contribution in [0.1, 0.15) is 5.56 Å². The Morgan fingerprint density at radius 3 is 2.84 bits per heavy atom. The number of nitrogens with zero attached hydrogens (tertiary/aromatic N) is 4. The minimum atomic E-state index is 0.00341. The van der Waals surface area contributed by atoms with Crippen molar-refractivity contribution in [2.45, 2.75) is 0 Å². The zero-order valence-electron chi connectivity index (χ0n) is 10.9. The van der Waals surface area contributed by atoms with Gasteiger partial charge >= 0.3 is 0 Å². The van der Waals surface area contributed by atoms with Gasteiger partial charge in [0.15, 0.2) is 0 Å². The summed E-state index contributed by atoms with van der Waals surface area (Å²) in [6.07, 6.45) is 1.68. The number of ether oxygens (including phenoxy) is 1. The predicted molar refractivity (Wildman–Crippen MR) is 69.6 cm³/mol. The van der Waals surface area contributed by atoms with Crippen LogP contribution in [0, 0.1) is 11.3 Å². The highest BCUT2D eigenvalue weighted by molar-refractivity contribution is 5.77. The van der Waals surface area contributed by atoms with E-state index in [0.717, 1.165) is 0 Å². The van der Waals surface area contributed by atoms with E-state index in [-0.39, 0.29) is 12.5 Å². The van der Waals surface area contributed by atoms with Crippen LogP contribution in [0.5, 0.6) is 0 Å². The van der Waals surface area contributed by atoms with E-state index in [0.29, 0.717) is 37.6 Å². The quantitative estimate of drug-likeness (QED) is 0.779. The van der Waals surface area contributed by atoms with Crippen molar-refractivity contribution in [3.05, 3.63) is 23.9 Å². The Bertz CT molecular complexity index is 490. The van der Waals surface area contributed by atoms with Gasteiger partial charge in [-0.25, -0.2) is 4.98 Å². The maximum Gasteiger partial charge on any atom is 0.248 e. The van der Waals surface area contributed by atoms with E-state index in [1.54, 1.807) is 23.2 Å². The molecule has 0 aliphatic carbocycles. The second kappa shape index (κ2) is 6.16. The zero-order chi connectivity index (χ0) is 13.7. The maximum absolute atomic E-state index is 11.7. The van der Waals surface area contributed by atoms with Crippen LogP contribution in [-0.4, -0.2) is 55.7 Å². The van der Waals surface area contributed by atoms with Crippen LogP contribution in [-0.2, 0) is 9.53 Å². The van der Waals surface area contributed by atoms with E-state index < -0.39 is 0 Å². The van der Waals surface area contributed by atoms with Crippen molar-refractivity contribution in [2.24, 2.45) is 0 Å². The van der Waals surface area contributed by atoms with E-state index in [1.807, 2.05) is 4.90 Å². The summed E-state index contributed by atoms with van der Waals surface area (Å²) in [6.45, 7) is 2.74. The number of aromatic nitrogens is 1. The third-order valence-electron chi connectivity index (χ3n) is 3.11. The summed E-state index contributed by atoms with van der Waals surface area (Å²) in [5.41, 5.74) is 0.569. The lowest BCUT2D eigenvalue weighted by atomic mass is 10.2. The van der Waals surface area contributed by atoms with E-state index in [1.165, 1.54) is 7.11 Å². The second-order valence-electron chi connectivity index (χ2n) is 4.29. The normalized spacial score (nSPS) is 15.2. The molecule has 2 rings (SSSR count). The minimum absolute atomic E-state index is 0.00341. The monoisotopic (exact) mass is 260 g/mol. The number of hydrogen-bond donors (Lipinski definition) is 0. The molecule has 0 bridgehead atoms. The molecule has 1 aliphatic heterocycles. The van der Waals surface area contributed by atoms with Gasteiger partial charge in [-0.05, 0) is 12.1 Å². The van der Waals surface area contributed by atoms with Gasteiger partial charge in [0.1, 0.15) is 18.5 Å². The zero-order valence-corrected chi connectivity index (χ0v) is 10.9. The number of pyridine rings is 1. The van der Waals surface area contributed by atoms with Gasteiger partial charge in [0.2, 0.25) is 5.91 Å². The third-order valence-corrected chi connectivity index (χ3v) is 3.11. The lowest BCUT2D eigenvalue weighted by Gasteiger charge is -2.35. The van der Waals surface area contributed by atoms with Crippen molar-refractivity contribution in [3.63, 3.8) is 0 Å². The number of nitriles is 1. The number of methoxy groups -OCH3 is 1. The first-order valence-corrected chi connectivity index (χ1v) is 6.13. The molecule has 1 fully saturated rings. The molecule has 1 saturated heterocycles. The van der Waals surface area contributed by atoms with Gasteiger partial charge in [-0.2, -0.15) is 5.26 Å². The molecule has 19 heavy (non-hydrogen) atoms. The average Bonchev–Trinajstić information content (AvgIpc) is 2.47. The lowest BCUT2D eigenvalue weighted by Crippen LogP contribution is -2.50. The largest absolute Gasteiger partial charge is 0.375 e. The second-order valence-corrected chi connectivity index (χ2v) is 4.29. The van der Waals surface area contributed by atoms with Gasteiger partial charge in [0.25, 0.3) is 0 Å².